The minimum absolute atomic E-state index is 0.0146. The van der Waals surface area contributed by atoms with Crippen LogP contribution < -0.4 is 15.8 Å². The Morgan fingerprint density at radius 1 is 0.949 bits per heavy atom. The van der Waals surface area contributed by atoms with Crippen LogP contribution in [-0.2, 0) is 9.59 Å². The smallest absolute Gasteiger partial charge is 0.167 e. The highest BCUT2D eigenvalue weighted by atomic mass is 16.5. The molecule has 1 heterocycles. The maximum Gasteiger partial charge on any atom is 0.167 e. The van der Waals surface area contributed by atoms with Gasteiger partial charge in [0.1, 0.15) is 12.0 Å². The first-order valence-corrected chi connectivity index (χ1v) is 23.1. The van der Waals surface area contributed by atoms with Crippen molar-refractivity contribution in [3.05, 3.63) is 101 Å². The van der Waals surface area contributed by atoms with E-state index in [1.165, 1.54) is 74.7 Å². The van der Waals surface area contributed by atoms with Crippen molar-refractivity contribution in [3.8, 4) is 5.75 Å². The summed E-state index contributed by atoms with van der Waals surface area (Å²) in [7, 11) is 0. The number of ketones is 1. The van der Waals surface area contributed by atoms with Gasteiger partial charge in [-0.1, -0.05) is 94.6 Å². The van der Waals surface area contributed by atoms with Crippen molar-refractivity contribution in [1.82, 2.24) is 15.1 Å². The van der Waals surface area contributed by atoms with Gasteiger partial charge < -0.3 is 25.5 Å². The SMILES string of the molecule is C=C=C1CC(C(C=O)CC/C(C)=C/C)C(=O)/C(=C/C=C\CN2CCN(CC(C)CCCCCCCCCN/C(=C/C)c3ccc(OC4CCC(N)CC4)cc3)CC2)C1=C. The number of Topliss-reactive ketones (excluding diaryl/α,β-unsaturated/α-hetero) is 1. The largest absolute Gasteiger partial charge is 0.490 e. The molecule has 0 radical (unpaired) electrons. The van der Waals surface area contributed by atoms with Gasteiger partial charge in [0.15, 0.2) is 5.78 Å². The summed E-state index contributed by atoms with van der Waals surface area (Å²) in [5.74, 6) is 0.996. The van der Waals surface area contributed by atoms with Gasteiger partial charge in [-0.25, -0.2) is 0 Å². The Kier molecular flexibility index (Phi) is 21.5. The van der Waals surface area contributed by atoms with E-state index in [1.807, 2.05) is 19.1 Å². The van der Waals surface area contributed by atoms with Gasteiger partial charge in [0.25, 0.3) is 0 Å². The second-order valence-electron chi connectivity index (χ2n) is 17.6. The van der Waals surface area contributed by atoms with E-state index in [0.29, 0.717) is 36.1 Å². The fraction of sp³-hybridized carbons (Fsp3) is 0.596. The van der Waals surface area contributed by atoms with Crippen molar-refractivity contribution < 1.29 is 14.3 Å². The molecule has 7 heteroatoms. The fourth-order valence-corrected chi connectivity index (χ4v) is 8.83. The lowest BCUT2D eigenvalue weighted by Gasteiger charge is -2.35. The summed E-state index contributed by atoms with van der Waals surface area (Å²) in [6.07, 6.45) is 28.2. The summed E-state index contributed by atoms with van der Waals surface area (Å²) < 4.78 is 6.21. The molecule has 3 aliphatic rings. The Bertz CT molecular complexity index is 1630. The monoisotopic (exact) mass is 807 g/mol. The zero-order chi connectivity index (χ0) is 42.4. The third-order valence-electron chi connectivity index (χ3n) is 12.9. The van der Waals surface area contributed by atoms with Crippen molar-refractivity contribution in [2.45, 2.75) is 136 Å². The summed E-state index contributed by atoms with van der Waals surface area (Å²) in [5, 5.41) is 3.66. The van der Waals surface area contributed by atoms with Gasteiger partial charge in [0.2, 0.25) is 0 Å². The number of unbranched alkanes of at least 4 members (excludes halogenated alkanes) is 6. The van der Waals surface area contributed by atoms with E-state index < -0.39 is 0 Å². The molecule has 7 nitrogen and oxygen atoms in total. The van der Waals surface area contributed by atoms with Gasteiger partial charge in [-0.15, -0.1) is 5.73 Å². The fourth-order valence-electron chi connectivity index (χ4n) is 8.83. The van der Waals surface area contributed by atoms with Crippen LogP contribution in [0.3, 0.4) is 0 Å². The second-order valence-corrected chi connectivity index (χ2v) is 17.6. The molecule has 0 aromatic heterocycles. The summed E-state index contributed by atoms with van der Waals surface area (Å²) in [4.78, 5) is 30.8. The van der Waals surface area contributed by atoms with Crippen LogP contribution in [0, 0.1) is 17.8 Å². The topological polar surface area (TPSA) is 87.9 Å². The first-order valence-electron chi connectivity index (χ1n) is 23.1. The predicted octanol–water partition coefficient (Wildman–Crippen LogP) is 10.6. The number of piperazine rings is 1. The Morgan fingerprint density at radius 3 is 2.25 bits per heavy atom. The lowest BCUT2D eigenvalue weighted by atomic mass is 9.71. The molecule has 4 rings (SSSR count). The van der Waals surface area contributed by atoms with E-state index in [0.717, 1.165) is 94.9 Å². The van der Waals surface area contributed by atoms with Gasteiger partial charge in [-0.2, -0.15) is 0 Å². The van der Waals surface area contributed by atoms with Crippen LogP contribution in [0.5, 0.6) is 5.75 Å². The molecule has 2 aliphatic carbocycles. The molecule has 3 fully saturated rings. The Balaban J connectivity index is 1.03. The zero-order valence-corrected chi connectivity index (χ0v) is 37.3. The van der Waals surface area contributed by atoms with Gasteiger partial charge in [0.05, 0.1) is 6.10 Å². The molecule has 3 unspecified atom stereocenters. The maximum absolute atomic E-state index is 13.6. The first kappa shape index (κ1) is 47.9. The highest BCUT2D eigenvalue weighted by Crippen LogP contribution is 2.38. The zero-order valence-electron chi connectivity index (χ0n) is 37.3. The molecule has 0 bridgehead atoms. The lowest BCUT2D eigenvalue weighted by molar-refractivity contribution is -0.125. The molecule has 2 saturated carbocycles. The van der Waals surface area contributed by atoms with Crippen LogP contribution in [0.25, 0.3) is 5.70 Å². The quantitative estimate of drug-likeness (QED) is 0.0354. The van der Waals surface area contributed by atoms with Crippen LogP contribution in [0.15, 0.2) is 95.8 Å². The first-order chi connectivity index (χ1) is 28.6. The number of carbonyl (C=O) groups is 2. The number of allylic oxidation sites excluding steroid dienone is 8. The van der Waals surface area contributed by atoms with Crippen LogP contribution in [0.2, 0.25) is 0 Å². The Hall–Kier alpha value is -3.74. The molecule has 1 aliphatic heterocycles. The highest BCUT2D eigenvalue weighted by molar-refractivity contribution is 6.05. The van der Waals surface area contributed by atoms with E-state index in [2.05, 4.69) is 97.3 Å². The minimum atomic E-state index is -0.382. The van der Waals surface area contributed by atoms with Crippen LogP contribution in [0.4, 0.5) is 0 Å². The molecular formula is C52H78N4O3. The molecule has 3 N–H and O–H groups in total. The second kappa shape index (κ2) is 26.5. The number of hydrogen-bond donors (Lipinski definition) is 2. The van der Waals surface area contributed by atoms with Crippen molar-refractivity contribution >= 4 is 17.8 Å². The maximum atomic E-state index is 13.6. The van der Waals surface area contributed by atoms with Crippen molar-refractivity contribution in [2.24, 2.45) is 23.5 Å². The van der Waals surface area contributed by atoms with Crippen molar-refractivity contribution in [2.75, 3.05) is 45.8 Å². The Labute approximate surface area is 358 Å². The van der Waals surface area contributed by atoms with E-state index in [4.69, 9.17) is 10.5 Å². The third-order valence-corrected chi connectivity index (χ3v) is 12.9. The molecule has 1 saturated heterocycles. The summed E-state index contributed by atoms with van der Waals surface area (Å²) in [5.41, 5.74) is 14.8. The van der Waals surface area contributed by atoms with Gasteiger partial charge in [-0.3, -0.25) is 9.69 Å². The number of hydrogen-bond acceptors (Lipinski definition) is 7. The van der Waals surface area contributed by atoms with E-state index >= 15 is 0 Å². The highest BCUT2D eigenvalue weighted by Gasteiger charge is 2.36. The van der Waals surface area contributed by atoms with Crippen LogP contribution in [0.1, 0.15) is 130 Å². The minimum Gasteiger partial charge on any atom is -0.490 e. The molecule has 0 amide bonds. The normalized spacial score (nSPS) is 23.1. The van der Waals surface area contributed by atoms with Crippen molar-refractivity contribution in [1.29, 1.82) is 0 Å². The van der Waals surface area contributed by atoms with E-state index in [-0.39, 0.29) is 17.6 Å². The number of nitrogens with two attached hydrogens (primary N) is 1. The number of nitrogens with one attached hydrogen (secondary N) is 1. The van der Waals surface area contributed by atoms with Gasteiger partial charge >= 0.3 is 0 Å². The number of nitrogens with zero attached hydrogens (tertiary/aromatic N) is 2. The molecular weight excluding hydrogens is 729 g/mol. The number of carbonyl (C=O) groups excluding carboxylic acids is 2. The van der Waals surface area contributed by atoms with Crippen LogP contribution in [-0.4, -0.2) is 79.8 Å². The average Bonchev–Trinajstić information content (AvgIpc) is 3.25. The van der Waals surface area contributed by atoms with Gasteiger partial charge in [-0.05, 0) is 120 Å². The molecule has 3 atom stereocenters. The van der Waals surface area contributed by atoms with Crippen molar-refractivity contribution in [3.63, 3.8) is 0 Å². The Morgan fingerprint density at radius 2 is 1.61 bits per heavy atom. The lowest BCUT2D eigenvalue weighted by Crippen LogP contribution is -2.47. The molecule has 0 spiro atoms. The molecule has 1 aromatic rings. The standard InChI is InChI=1S/C52H78N4O3/c1-7-40(4)21-22-45(39-57)50-37-43(8-2)42(6)49(52(50)58)20-16-18-32-55-33-35-56(36-34-55)38-41(5)19-15-13-11-10-12-14-17-31-54-51(9-3)44-23-27-47(28-24-44)59-48-29-25-46(53)26-30-48/h7,9,16,18,20,23-24,27-28,39,41,45-46,48,50,54H,2,6,10-15,17,19,21-22,25-26,29-38,53H2,1,3-5H3/b18-16-,40-7+,49-20+,51-9+. The molecule has 59 heavy (non-hydrogen) atoms. The van der Waals surface area contributed by atoms with Crippen LogP contribution >= 0.6 is 0 Å². The number of ether oxygens (including phenoxy) is 1. The summed E-state index contributed by atoms with van der Waals surface area (Å²) in [6.45, 7) is 24.0. The number of aldehydes is 1. The third kappa shape index (κ3) is 16.3. The molecule has 1 aromatic carbocycles. The number of benzene rings is 1. The predicted molar refractivity (Wildman–Crippen MR) is 248 cm³/mol. The summed E-state index contributed by atoms with van der Waals surface area (Å²) >= 11 is 0. The van der Waals surface area contributed by atoms with E-state index in [1.54, 1.807) is 0 Å². The molecule has 324 valence electrons. The van der Waals surface area contributed by atoms with E-state index in [9.17, 15) is 9.59 Å². The average molecular weight is 807 g/mol. The summed E-state index contributed by atoms with van der Waals surface area (Å²) in [6, 6.07) is 8.89. The van der Waals surface area contributed by atoms with Gasteiger partial charge in [0, 0.05) is 80.5 Å². The number of rotatable bonds is 24.